The predicted molar refractivity (Wildman–Crippen MR) is 245 cm³/mol. The molecule has 0 radical (unpaired) electrons. The summed E-state index contributed by atoms with van der Waals surface area (Å²) in [4.78, 5) is 17.0. The topological polar surface area (TPSA) is 167 Å². The van der Waals surface area contributed by atoms with Crippen molar-refractivity contribution in [3.05, 3.63) is 162 Å². The molecule has 2 unspecified atom stereocenters. The molecule has 330 valence electrons. The summed E-state index contributed by atoms with van der Waals surface area (Å²) < 4.78 is 71.7. The van der Waals surface area contributed by atoms with E-state index < -0.39 is 20.0 Å². The fourth-order valence-corrected chi connectivity index (χ4v) is 12.4. The van der Waals surface area contributed by atoms with Crippen molar-refractivity contribution in [2.24, 2.45) is 14.1 Å². The molecule has 2 aromatic carbocycles. The Morgan fingerprint density at radius 1 is 0.621 bits per heavy atom. The molecule has 12 rings (SSSR count). The lowest BCUT2D eigenvalue weighted by molar-refractivity contribution is 0.0994. The second-order valence-electron chi connectivity index (χ2n) is 17.0. The minimum Gasteiger partial charge on any atom is -0.366 e. The van der Waals surface area contributed by atoms with Crippen LogP contribution in [0, 0.1) is 13.1 Å². The number of fused-ring (bicyclic) bond motifs is 6. The maximum Gasteiger partial charge on any atom is 0.269 e. The van der Waals surface area contributed by atoms with Crippen LogP contribution >= 0.6 is 0 Å². The fraction of sp³-hybridized carbons (Fsp3) is 0.250. The van der Waals surface area contributed by atoms with Gasteiger partial charge in [0.1, 0.15) is 6.10 Å². The Bertz CT molecular complexity index is 3570. The molecule has 0 spiro atoms. The molecule has 0 saturated carbocycles. The molecule has 16 nitrogen and oxygen atoms in total. The summed E-state index contributed by atoms with van der Waals surface area (Å²) in [5, 5.41) is 9.99. The number of hydrogen-bond acceptors (Lipinski definition) is 10. The maximum absolute atomic E-state index is 13.5. The van der Waals surface area contributed by atoms with Gasteiger partial charge < -0.3 is 19.2 Å². The molecule has 3 saturated heterocycles. The van der Waals surface area contributed by atoms with E-state index in [2.05, 4.69) is 29.9 Å². The smallest absolute Gasteiger partial charge is 0.269 e. The van der Waals surface area contributed by atoms with Gasteiger partial charge in [0.15, 0.2) is 17.4 Å². The molecule has 4 aliphatic heterocycles. The summed E-state index contributed by atoms with van der Waals surface area (Å²) in [6.45, 7) is 14.7. The number of aryl methyl sites for hydroxylation is 2. The number of benzene rings is 2. The highest BCUT2D eigenvalue weighted by molar-refractivity contribution is 7.90. The number of rotatable bonds is 8. The molecule has 0 amide bonds. The molecule has 0 N–H and O–H groups in total. The van der Waals surface area contributed by atoms with Gasteiger partial charge in [0, 0.05) is 90.2 Å². The van der Waals surface area contributed by atoms with Crippen molar-refractivity contribution >= 4 is 47.7 Å². The Morgan fingerprint density at radius 3 is 1.67 bits per heavy atom. The van der Waals surface area contributed by atoms with Crippen LogP contribution < -0.4 is 0 Å². The van der Waals surface area contributed by atoms with E-state index in [0.29, 0.717) is 23.1 Å². The van der Waals surface area contributed by atoms with Crippen LogP contribution in [0.25, 0.3) is 59.6 Å². The molecule has 6 aromatic heterocycles. The van der Waals surface area contributed by atoms with Gasteiger partial charge in [0.05, 0.1) is 47.2 Å². The van der Waals surface area contributed by atoms with E-state index in [4.69, 9.17) is 22.6 Å². The van der Waals surface area contributed by atoms with Crippen molar-refractivity contribution in [2.75, 3.05) is 0 Å². The number of aromatic nitrogens is 8. The molecule has 66 heavy (non-hydrogen) atoms. The van der Waals surface area contributed by atoms with Gasteiger partial charge in [0.25, 0.3) is 32.1 Å². The monoisotopic (exact) mass is 916 g/mol. The Labute approximate surface area is 380 Å². The van der Waals surface area contributed by atoms with E-state index in [9.17, 15) is 16.8 Å². The zero-order chi connectivity index (χ0) is 45.5. The highest BCUT2D eigenvalue weighted by Gasteiger charge is 2.51. The first kappa shape index (κ1) is 41.5. The third-order valence-electron chi connectivity index (χ3n) is 13.0. The normalized spacial score (nSPS) is 23.2. The van der Waals surface area contributed by atoms with Crippen molar-refractivity contribution in [2.45, 2.75) is 71.5 Å². The number of pyridine rings is 2. The molecule has 0 aliphatic carbocycles. The Kier molecular flexibility index (Phi) is 9.89. The van der Waals surface area contributed by atoms with Gasteiger partial charge in [-0.25, -0.2) is 47.9 Å². The number of hydrogen-bond donors (Lipinski definition) is 0. The summed E-state index contributed by atoms with van der Waals surface area (Å²) >= 11 is 0. The van der Waals surface area contributed by atoms with Gasteiger partial charge in [-0.2, -0.15) is 10.2 Å². The van der Waals surface area contributed by atoms with Crippen molar-refractivity contribution in [3.8, 4) is 22.3 Å². The predicted octanol–water partition coefficient (Wildman–Crippen LogP) is 7.12. The third-order valence-corrected chi connectivity index (χ3v) is 16.3. The Balaban J connectivity index is 0.000000146. The van der Waals surface area contributed by atoms with Crippen LogP contribution in [0.1, 0.15) is 36.3 Å². The van der Waals surface area contributed by atoms with Gasteiger partial charge in [-0.1, -0.05) is 36.4 Å². The number of ether oxygens (including phenoxy) is 2. The summed E-state index contributed by atoms with van der Waals surface area (Å²) in [5.41, 5.74) is 6.73. The second kappa shape index (κ2) is 15.7. The van der Waals surface area contributed by atoms with E-state index >= 15 is 0 Å². The summed E-state index contributed by atoms with van der Waals surface area (Å²) in [7, 11) is -4.03. The van der Waals surface area contributed by atoms with Crippen LogP contribution in [0.3, 0.4) is 0 Å². The molecular weight excluding hydrogens is 877 g/mol. The van der Waals surface area contributed by atoms with Crippen LogP contribution in [0.5, 0.6) is 0 Å². The first-order chi connectivity index (χ1) is 31.9. The molecule has 18 heteroatoms. The molecule has 8 aromatic rings. The highest BCUT2D eigenvalue weighted by atomic mass is 32.2. The lowest BCUT2D eigenvalue weighted by atomic mass is 9.82. The van der Waals surface area contributed by atoms with Crippen LogP contribution in [0.15, 0.2) is 138 Å². The molecule has 10 heterocycles. The molecule has 4 bridgehead atoms. The van der Waals surface area contributed by atoms with Gasteiger partial charge in [-0.05, 0) is 65.6 Å². The average molecular weight is 917 g/mol. The standard InChI is InChI=1S/C24H21N5O3S.C24H19N5O3S/c2*1-25-21-10-22-18(9-23(21)32-22)15-8-19-20(16-12-27-28(2)13-16)14-29(24(19)26-11-15)33(30,31)17-6-4-3-5-7-17/h3-8,11-14,18,21-23H,9-10H2,2H3;3-9,11-14,21-23H,10H2,2H3/t18-,21?,22+,23+;21?,22-,23-/m01/s1. The minimum absolute atomic E-state index is 0.00493. The Morgan fingerprint density at radius 2 is 1.18 bits per heavy atom. The van der Waals surface area contributed by atoms with E-state index in [1.54, 1.807) is 107 Å². The van der Waals surface area contributed by atoms with Gasteiger partial charge in [-0.15, -0.1) is 0 Å². The highest BCUT2D eigenvalue weighted by Crippen LogP contribution is 2.47. The summed E-state index contributed by atoms with van der Waals surface area (Å²) in [6, 6.07) is 20.5. The lowest BCUT2D eigenvalue weighted by Gasteiger charge is -2.19. The zero-order valence-corrected chi connectivity index (χ0v) is 37.2. The van der Waals surface area contributed by atoms with Gasteiger partial charge in [0.2, 0.25) is 0 Å². The van der Waals surface area contributed by atoms with E-state index in [1.165, 1.54) is 7.94 Å². The maximum atomic E-state index is 13.5. The average Bonchev–Trinajstić information content (AvgIpc) is 4.21. The molecule has 7 atom stereocenters. The second-order valence-corrected chi connectivity index (χ2v) is 20.6. The largest absolute Gasteiger partial charge is 0.366 e. The first-order valence-corrected chi connectivity index (χ1v) is 24.2. The van der Waals surface area contributed by atoms with Crippen LogP contribution in [0.2, 0.25) is 0 Å². The van der Waals surface area contributed by atoms with E-state index in [0.717, 1.165) is 57.2 Å². The third kappa shape index (κ3) is 6.83. The first-order valence-electron chi connectivity index (χ1n) is 21.3. The van der Waals surface area contributed by atoms with Crippen LogP contribution in [-0.4, -0.2) is 90.8 Å². The fourth-order valence-electron chi connectivity index (χ4n) is 9.75. The lowest BCUT2D eigenvalue weighted by Crippen LogP contribution is -2.23. The van der Waals surface area contributed by atoms with Crippen molar-refractivity contribution in [3.63, 3.8) is 0 Å². The van der Waals surface area contributed by atoms with Crippen molar-refractivity contribution in [1.82, 2.24) is 37.5 Å². The quantitative estimate of drug-likeness (QED) is 0.143. The van der Waals surface area contributed by atoms with Crippen molar-refractivity contribution < 1.29 is 26.3 Å². The Hall–Kier alpha value is -7.22. The minimum atomic E-state index is -3.84. The zero-order valence-electron chi connectivity index (χ0n) is 35.5. The van der Waals surface area contributed by atoms with Crippen LogP contribution in [-0.2, 0) is 43.6 Å². The van der Waals surface area contributed by atoms with E-state index in [-0.39, 0.29) is 52.2 Å². The molecule has 3 fully saturated rings. The summed E-state index contributed by atoms with van der Waals surface area (Å²) in [5.74, 6) is 0.153. The SMILES string of the molecule is [C-]#[N+]C1C[C@H]2O[C@@H]1C=C2c1cnc2c(c1)c(-c1cnn(C)c1)cn2S(=O)(=O)c1ccccc1.[C-]#[N+]C1C[C@H]2O[C@@H]1C[C@H]2c1cnc2c(c1)c(-c1cnn(C)c1)cn2S(=O)(=O)c1ccccc1. The van der Waals surface area contributed by atoms with Crippen molar-refractivity contribution in [1.29, 1.82) is 0 Å². The van der Waals surface area contributed by atoms with Crippen LogP contribution in [0.4, 0.5) is 0 Å². The van der Waals surface area contributed by atoms with Gasteiger partial charge in [-0.3, -0.25) is 9.36 Å². The molecular formula is C48H40N10O6S2. The van der Waals surface area contributed by atoms with Gasteiger partial charge >= 0.3 is 0 Å². The van der Waals surface area contributed by atoms with E-state index in [1.807, 2.05) is 44.7 Å². The number of nitrogens with zero attached hydrogens (tertiary/aromatic N) is 10. The molecule has 4 aliphatic rings. The summed E-state index contributed by atoms with van der Waals surface area (Å²) in [6.07, 6.45) is 17.7.